The van der Waals surface area contributed by atoms with Crippen LogP contribution >= 0.6 is 0 Å². The number of nitrogens with one attached hydrogen (secondary N) is 1. The summed E-state index contributed by atoms with van der Waals surface area (Å²) >= 11 is 0. The van der Waals surface area contributed by atoms with Crippen LogP contribution in [0.25, 0.3) is 0 Å². The van der Waals surface area contributed by atoms with E-state index in [1.807, 2.05) is 66.7 Å². The van der Waals surface area contributed by atoms with E-state index in [0.29, 0.717) is 30.2 Å². The molecule has 4 nitrogen and oxygen atoms in total. The number of carbonyl (C=O) groups is 1. The summed E-state index contributed by atoms with van der Waals surface area (Å²) in [5.74, 6) is 1.23. The van der Waals surface area contributed by atoms with Crippen LogP contribution in [-0.4, -0.2) is 12.5 Å². The third-order valence-corrected chi connectivity index (χ3v) is 4.26. The Hall–Kier alpha value is -3.27. The first-order valence-corrected chi connectivity index (χ1v) is 9.56. The third kappa shape index (κ3) is 5.61. The minimum Gasteiger partial charge on any atom is -0.494 e. The van der Waals surface area contributed by atoms with E-state index in [1.165, 1.54) is 0 Å². The second-order valence-corrected chi connectivity index (χ2v) is 6.45. The fraction of sp³-hybridized carbons (Fsp3) is 0.208. The molecule has 0 aromatic heterocycles. The Labute approximate surface area is 166 Å². The van der Waals surface area contributed by atoms with Gasteiger partial charge < -0.3 is 14.8 Å². The zero-order valence-corrected chi connectivity index (χ0v) is 16.1. The van der Waals surface area contributed by atoms with Gasteiger partial charge in [0.1, 0.15) is 18.1 Å². The molecule has 1 N–H and O–H groups in total. The lowest BCUT2D eigenvalue weighted by atomic mass is 10.2. The van der Waals surface area contributed by atoms with Crippen molar-refractivity contribution in [2.75, 3.05) is 11.9 Å². The smallest absolute Gasteiger partial charge is 0.255 e. The first kappa shape index (κ1) is 19.5. The molecule has 0 saturated carbocycles. The summed E-state index contributed by atoms with van der Waals surface area (Å²) in [6.07, 6.45) is 2.11. The van der Waals surface area contributed by atoms with Crippen LogP contribution in [0.4, 0.5) is 5.69 Å². The molecule has 0 heterocycles. The van der Waals surface area contributed by atoms with Gasteiger partial charge in [0.25, 0.3) is 5.91 Å². The Bertz CT molecular complexity index is 876. The van der Waals surface area contributed by atoms with Gasteiger partial charge in [0, 0.05) is 5.56 Å². The van der Waals surface area contributed by atoms with Gasteiger partial charge in [-0.3, -0.25) is 4.79 Å². The first-order chi connectivity index (χ1) is 13.8. The zero-order valence-electron chi connectivity index (χ0n) is 16.1. The second-order valence-electron chi connectivity index (χ2n) is 6.45. The van der Waals surface area contributed by atoms with E-state index in [2.05, 4.69) is 12.2 Å². The van der Waals surface area contributed by atoms with Crippen LogP contribution < -0.4 is 14.8 Å². The minimum atomic E-state index is -0.184. The number of para-hydroxylation sites is 2. The summed E-state index contributed by atoms with van der Waals surface area (Å²) in [6, 6.07) is 24.6. The van der Waals surface area contributed by atoms with Crippen LogP contribution in [-0.2, 0) is 6.61 Å². The number of carbonyl (C=O) groups excluding carboxylic acids is 1. The standard InChI is InChI=1S/C24H25NO3/c1-2-3-17-27-21-15-13-20(14-16-21)24(26)25-22-11-7-8-12-23(22)28-18-19-9-5-4-6-10-19/h4-16H,2-3,17-18H2,1H3,(H,25,26). The molecule has 0 radical (unpaired) electrons. The van der Waals surface area contributed by atoms with Crippen molar-refractivity contribution in [3.8, 4) is 11.5 Å². The number of anilines is 1. The topological polar surface area (TPSA) is 47.6 Å². The second kappa shape index (κ2) is 10.2. The molecule has 1 amide bonds. The van der Waals surface area contributed by atoms with Crippen molar-refractivity contribution in [3.63, 3.8) is 0 Å². The molecule has 0 aliphatic carbocycles. The highest BCUT2D eigenvalue weighted by molar-refractivity contribution is 6.05. The molecule has 0 aliphatic rings. The van der Waals surface area contributed by atoms with Crippen molar-refractivity contribution < 1.29 is 14.3 Å². The largest absolute Gasteiger partial charge is 0.494 e. The van der Waals surface area contributed by atoms with E-state index < -0.39 is 0 Å². The van der Waals surface area contributed by atoms with Gasteiger partial charge in [-0.05, 0) is 48.4 Å². The molecule has 0 fully saturated rings. The zero-order chi connectivity index (χ0) is 19.6. The van der Waals surface area contributed by atoms with Crippen molar-refractivity contribution in [1.29, 1.82) is 0 Å². The average Bonchev–Trinajstić information content (AvgIpc) is 2.74. The van der Waals surface area contributed by atoms with Gasteiger partial charge >= 0.3 is 0 Å². The minimum absolute atomic E-state index is 0.184. The number of ether oxygens (including phenoxy) is 2. The maximum absolute atomic E-state index is 12.6. The summed E-state index contributed by atoms with van der Waals surface area (Å²) in [5.41, 5.74) is 2.29. The number of unbranched alkanes of at least 4 members (excludes halogenated alkanes) is 1. The number of benzene rings is 3. The highest BCUT2D eigenvalue weighted by Crippen LogP contribution is 2.25. The van der Waals surface area contributed by atoms with Crippen LogP contribution in [0.5, 0.6) is 11.5 Å². The Kier molecular flexibility index (Phi) is 7.08. The van der Waals surface area contributed by atoms with E-state index in [4.69, 9.17) is 9.47 Å². The molecule has 28 heavy (non-hydrogen) atoms. The van der Waals surface area contributed by atoms with E-state index in [0.717, 1.165) is 24.2 Å². The number of hydrogen-bond acceptors (Lipinski definition) is 3. The lowest BCUT2D eigenvalue weighted by molar-refractivity contribution is 0.102. The van der Waals surface area contributed by atoms with Gasteiger partial charge in [-0.2, -0.15) is 0 Å². The summed E-state index contributed by atoms with van der Waals surface area (Å²) in [5, 5.41) is 2.93. The van der Waals surface area contributed by atoms with Crippen molar-refractivity contribution in [2.24, 2.45) is 0 Å². The molecule has 0 saturated heterocycles. The van der Waals surface area contributed by atoms with Crippen molar-refractivity contribution in [3.05, 3.63) is 90.0 Å². The van der Waals surface area contributed by atoms with Gasteiger partial charge in [-0.1, -0.05) is 55.8 Å². The van der Waals surface area contributed by atoms with Gasteiger partial charge in [0.15, 0.2) is 0 Å². The van der Waals surface area contributed by atoms with E-state index in [9.17, 15) is 4.79 Å². The maximum Gasteiger partial charge on any atom is 0.255 e. The normalized spacial score (nSPS) is 10.3. The van der Waals surface area contributed by atoms with Crippen LogP contribution in [0.3, 0.4) is 0 Å². The summed E-state index contributed by atoms with van der Waals surface area (Å²) in [6.45, 7) is 3.25. The molecule has 0 aliphatic heterocycles. The summed E-state index contributed by atoms with van der Waals surface area (Å²) in [7, 11) is 0. The lowest BCUT2D eigenvalue weighted by Crippen LogP contribution is -2.13. The lowest BCUT2D eigenvalue weighted by Gasteiger charge is -2.13. The Morgan fingerprint density at radius 3 is 2.32 bits per heavy atom. The van der Waals surface area contributed by atoms with Gasteiger partial charge in [-0.15, -0.1) is 0 Å². The monoisotopic (exact) mass is 375 g/mol. The highest BCUT2D eigenvalue weighted by atomic mass is 16.5. The van der Waals surface area contributed by atoms with Crippen LogP contribution in [0.2, 0.25) is 0 Å². The van der Waals surface area contributed by atoms with Gasteiger partial charge in [-0.25, -0.2) is 0 Å². The van der Waals surface area contributed by atoms with Crippen molar-refractivity contribution in [2.45, 2.75) is 26.4 Å². The molecule has 3 rings (SSSR count). The molecule has 144 valence electrons. The van der Waals surface area contributed by atoms with Gasteiger partial charge in [0.05, 0.1) is 12.3 Å². The van der Waals surface area contributed by atoms with E-state index >= 15 is 0 Å². The van der Waals surface area contributed by atoms with E-state index in [1.54, 1.807) is 12.1 Å². The Morgan fingerprint density at radius 1 is 0.857 bits per heavy atom. The maximum atomic E-state index is 12.6. The fourth-order valence-electron chi connectivity index (χ4n) is 2.66. The Balaban J connectivity index is 1.62. The molecule has 0 atom stereocenters. The van der Waals surface area contributed by atoms with E-state index in [-0.39, 0.29) is 5.91 Å². The number of amides is 1. The predicted molar refractivity (Wildman–Crippen MR) is 112 cm³/mol. The molecule has 3 aromatic carbocycles. The molecular weight excluding hydrogens is 350 g/mol. The van der Waals surface area contributed by atoms with Crippen LogP contribution in [0, 0.1) is 0 Å². The van der Waals surface area contributed by atoms with Crippen LogP contribution in [0.1, 0.15) is 35.7 Å². The van der Waals surface area contributed by atoms with Crippen molar-refractivity contribution in [1.82, 2.24) is 0 Å². The molecule has 3 aromatic rings. The fourth-order valence-corrected chi connectivity index (χ4v) is 2.66. The molecule has 0 spiro atoms. The number of rotatable bonds is 9. The number of hydrogen-bond donors (Lipinski definition) is 1. The molecular formula is C24H25NO3. The molecule has 0 bridgehead atoms. The molecule has 4 heteroatoms. The Morgan fingerprint density at radius 2 is 1.57 bits per heavy atom. The van der Waals surface area contributed by atoms with Crippen molar-refractivity contribution >= 4 is 11.6 Å². The third-order valence-electron chi connectivity index (χ3n) is 4.26. The highest BCUT2D eigenvalue weighted by Gasteiger charge is 2.10. The van der Waals surface area contributed by atoms with Gasteiger partial charge in [0.2, 0.25) is 0 Å². The van der Waals surface area contributed by atoms with Crippen LogP contribution in [0.15, 0.2) is 78.9 Å². The summed E-state index contributed by atoms with van der Waals surface area (Å²) in [4.78, 5) is 12.6. The average molecular weight is 375 g/mol. The molecule has 0 unspecified atom stereocenters. The first-order valence-electron chi connectivity index (χ1n) is 9.56. The quantitative estimate of drug-likeness (QED) is 0.488. The SMILES string of the molecule is CCCCOc1ccc(C(=O)Nc2ccccc2OCc2ccccc2)cc1. The predicted octanol–water partition coefficient (Wildman–Crippen LogP) is 5.70. The summed E-state index contributed by atoms with van der Waals surface area (Å²) < 4.78 is 11.5.